The fourth-order valence-corrected chi connectivity index (χ4v) is 1.96. The molecule has 19 heavy (non-hydrogen) atoms. The highest BCUT2D eigenvalue weighted by Gasteiger charge is 2.10. The molecule has 0 saturated carbocycles. The Morgan fingerprint density at radius 1 is 1.16 bits per heavy atom. The van der Waals surface area contributed by atoms with E-state index in [2.05, 4.69) is 60.0 Å². The minimum Gasteiger partial charge on any atom is -0.350 e. The molecule has 102 valence electrons. The van der Waals surface area contributed by atoms with Crippen molar-refractivity contribution >= 4 is 0 Å². The molecule has 0 aliphatic heterocycles. The smallest absolute Gasteiger partial charge is 0.0421 e. The highest BCUT2D eigenvalue weighted by atomic mass is 15.0. The Hall–Kier alpha value is -1.61. The molecule has 2 heterocycles. The number of hydrogen-bond donors (Lipinski definition) is 1. The first-order chi connectivity index (χ1) is 9.04. The van der Waals surface area contributed by atoms with Gasteiger partial charge in [0.2, 0.25) is 0 Å². The van der Waals surface area contributed by atoms with Crippen molar-refractivity contribution in [2.75, 3.05) is 0 Å². The Balaban J connectivity index is 1.92. The normalized spacial score (nSPS) is 11.7. The Morgan fingerprint density at radius 2 is 2.00 bits per heavy atom. The van der Waals surface area contributed by atoms with E-state index in [1.54, 1.807) is 0 Å². The summed E-state index contributed by atoms with van der Waals surface area (Å²) in [4.78, 5) is 4.36. The second-order valence-corrected chi connectivity index (χ2v) is 5.87. The van der Waals surface area contributed by atoms with Gasteiger partial charge in [-0.25, -0.2) is 0 Å². The van der Waals surface area contributed by atoms with Gasteiger partial charge in [0.05, 0.1) is 0 Å². The molecule has 2 aromatic rings. The maximum Gasteiger partial charge on any atom is 0.0421 e. The molecule has 3 nitrogen and oxygen atoms in total. The molecule has 0 radical (unpaired) electrons. The van der Waals surface area contributed by atoms with Gasteiger partial charge in [0.25, 0.3) is 0 Å². The van der Waals surface area contributed by atoms with Gasteiger partial charge in [0, 0.05) is 48.8 Å². The van der Waals surface area contributed by atoms with E-state index in [0.29, 0.717) is 0 Å². The first-order valence-corrected chi connectivity index (χ1v) is 6.83. The van der Waals surface area contributed by atoms with Crippen molar-refractivity contribution < 1.29 is 0 Å². The van der Waals surface area contributed by atoms with E-state index in [1.807, 2.05) is 18.3 Å². The van der Waals surface area contributed by atoms with Gasteiger partial charge in [0.1, 0.15) is 0 Å². The molecular formula is C16H23N3. The number of hydrogen-bond acceptors (Lipinski definition) is 2. The number of aromatic nitrogens is 2. The number of pyridine rings is 1. The van der Waals surface area contributed by atoms with Gasteiger partial charge < -0.3 is 9.88 Å². The van der Waals surface area contributed by atoms with E-state index in [-0.39, 0.29) is 5.54 Å². The van der Waals surface area contributed by atoms with Crippen LogP contribution in [0.1, 0.15) is 32.2 Å². The molecule has 0 aliphatic carbocycles. The third kappa shape index (κ3) is 4.52. The zero-order chi connectivity index (χ0) is 13.7. The topological polar surface area (TPSA) is 29.9 Å². The van der Waals surface area contributed by atoms with Crippen LogP contribution in [0, 0.1) is 0 Å². The predicted molar refractivity (Wildman–Crippen MR) is 79.0 cm³/mol. The van der Waals surface area contributed by atoms with Crippen LogP contribution >= 0.6 is 0 Å². The van der Waals surface area contributed by atoms with Crippen molar-refractivity contribution in [3.63, 3.8) is 0 Å². The third-order valence-electron chi connectivity index (χ3n) is 3.06. The van der Waals surface area contributed by atoms with Crippen LogP contribution < -0.4 is 5.32 Å². The average molecular weight is 257 g/mol. The summed E-state index contributed by atoms with van der Waals surface area (Å²) in [5.41, 5.74) is 2.62. The van der Waals surface area contributed by atoms with Crippen LogP contribution in [-0.4, -0.2) is 15.1 Å². The Morgan fingerprint density at radius 3 is 2.68 bits per heavy atom. The molecule has 3 heteroatoms. The van der Waals surface area contributed by atoms with Gasteiger partial charge in [0.15, 0.2) is 0 Å². The molecule has 2 aromatic heterocycles. The van der Waals surface area contributed by atoms with Crippen LogP contribution in [0.5, 0.6) is 0 Å². The van der Waals surface area contributed by atoms with Crippen molar-refractivity contribution in [2.45, 2.75) is 45.8 Å². The van der Waals surface area contributed by atoms with E-state index >= 15 is 0 Å². The summed E-state index contributed by atoms with van der Waals surface area (Å²) in [7, 11) is 0. The van der Waals surface area contributed by atoms with E-state index in [9.17, 15) is 0 Å². The first-order valence-electron chi connectivity index (χ1n) is 6.83. The van der Waals surface area contributed by atoms with Gasteiger partial charge in [-0.3, -0.25) is 4.98 Å². The Labute approximate surface area is 115 Å². The van der Waals surface area contributed by atoms with Gasteiger partial charge in [-0.05, 0) is 45.0 Å². The highest BCUT2D eigenvalue weighted by Crippen LogP contribution is 2.07. The molecule has 0 saturated heterocycles. The van der Waals surface area contributed by atoms with Crippen molar-refractivity contribution in [1.29, 1.82) is 0 Å². The third-order valence-corrected chi connectivity index (χ3v) is 3.06. The maximum atomic E-state index is 4.36. The number of nitrogens with zero attached hydrogens (tertiary/aromatic N) is 2. The maximum absolute atomic E-state index is 4.36. The quantitative estimate of drug-likeness (QED) is 0.892. The fourth-order valence-electron chi connectivity index (χ4n) is 1.96. The lowest BCUT2D eigenvalue weighted by atomic mass is 10.1. The van der Waals surface area contributed by atoms with Crippen molar-refractivity contribution in [3.05, 3.63) is 54.1 Å². The summed E-state index contributed by atoms with van der Waals surface area (Å²) in [5, 5.41) is 3.53. The fraction of sp³-hybridized carbons (Fsp3) is 0.438. The standard InChI is InChI=1S/C16H23N3/c1-16(2,3)18-13-15-8-6-11-19(15)12-9-14-7-4-5-10-17-14/h4-8,10-11,18H,9,12-13H2,1-3H3. The van der Waals surface area contributed by atoms with Crippen LogP contribution in [0.15, 0.2) is 42.7 Å². The summed E-state index contributed by atoms with van der Waals surface area (Å²) in [6.07, 6.45) is 4.97. The summed E-state index contributed by atoms with van der Waals surface area (Å²) in [6, 6.07) is 10.4. The molecule has 0 aliphatic rings. The highest BCUT2D eigenvalue weighted by molar-refractivity contribution is 5.09. The predicted octanol–water partition coefficient (Wildman–Crippen LogP) is 3.01. The number of aryl methyl sites for hydroxylation is 2. The van der Waals surface area contributed by atoms with Crippen LogP contribution in [-0.2, 0) is 19.5 Å². The zero-order valence-corrected chi connectivity index (χ0v) is 12.1. The van der Waals surface area contributed by atoms with Gasteiger partial charge in [-0.1, -0.05) is 6.07 Å². The lowest BCUT2D eigenvalue weighted by molar-refractivity contribution is 0.415. The lowest BCUT2D eigenvalue weighted by Crippen LogP contribution is -2.35. The molecule has 1 N–H and O–H groups in total. The van der Waals surface area contributed by atoms with E-state index in [4.69, 9.17) is 0 Å². The number of nitrogens with one attached hydrogen (secondary N) is 1. The first kappa shape index (κ1) is 13.8. The van der Waals surface area contributed by atoms with Crippen molar-refractivity contribution in [2.24, 2.45) is 0 Å². The molecule has 0 atom stereocenters. The molecule has 0 aromatic carbocycles. The minimum atomic E-state index is 0.149. The Kier molecular flexibility index (Phi) is 4.38. The van der Waals surface area contributed by atoms with Crippen molar-refractivity contribution in [3.8, 4) is 0 Å². The van der Waals surface area contributed by atoms with Crippen LogP contribution in [0.2, 0.25) is 0 Å². The second-order valence-electron chi connectivity index (χ2n) is 5.87. The molecule has 0 unspecified atom stereocenters. The lowest BCUT2D eigenvalue weighted by Gasteiger charge is -2.21. The zero-order valence-electron chi connectivity index (χ0n) is 12.1. The molecule has 0 fully saturated rings. The average Bonchev–Trinajstić information content (AvgIpc) is 2.82. The molecule has 0 amide bonds. The van der Waals surface area contributed by atoms with E-state index < -0.39 is 0 Å². The summed E-state index contributed by atoms with van der Waals surface area (Å²) < 4.78 is 2.30. The van der Waals surface area contributed by atoms with Crippen LogP contribution in [0.3, 0.4) is 0 Å². The van der Waals surface area contributed by atoms with Gasteiger partial charge in [-0.15, -0.1) is 0 Å². The van der Waals surface area contributed by atoms with Crippen LogP contribution in [0.4, 0.5) is 0 Å². The van der Waals surface area contributed by atoms with E-state index in [0.717, 1.165) is 25.2 Å². The molecule has 2 rings (SSSR count). The molecule has 0 bridgehead atoms. The SMILES string of the molecule is CC(C)(C)NCc1cccn1CCc1ccccn1. The summed E-state index contributed by atoms with van der Waals surface area (Å²) in [6.45, 7) is 8.44. The van der Waals surface area contributed by atoms with Gasteiger partial charge in [-0.2, -0.15) is 0 Å². The summed E-state index contributed by atoms with van der Waals surface area (Å²) in [5.74, 6) is 0. The second kappa shape index (κ2) is 6.02. The van der Waals surface area contributed by atoms with Crippen molar-refractivity contribution in [1.82, 2.24) is 14.9 Å². The minimum absolute atomic E-state index is 0.149. The van der Waals surface area contributed by atoms with Gasteiger partial charge >= 0.3 is 0 Å². The molecular weight excluding hydrogens is 234 g/mol. The summed E-state index contributed by atoms with van der Waals surface area (Å²) >= 11 is 0. The number of rotatable bonds is 5. The Bertz CT molecular complexity index is 494. The molecule has 0 spiro atoms. The van der Waals surface area contributed by atoms with E-state index in [1.165, 1.54) is 5.69 Å². The largest absolute Gasteiger partial charge is 0.350 e. The van der Waals surface area contributed by atoms with Crippen LogP contribution in [0.25, 0.3) is 0 Å². The monoisotopic (exact) mass is 257 g/mol.